The molecule has 0 fully saturated rings. The maximum Gasteiger partial charge on any atom is 0.271 e. The monoisotopic (exact) mass is 631 g/mol. The Labute approximate surface area is 268 Å². The summed E-state index contributed by atoms with van der Waals surface area (Å²) in [7, 11) is 1.59. The molecule has 10 heteroatoms. The maximum atomic E-state index is 14.0. The summed E-state index contributed by atoms with van der Waals surface area (Å²) in [6.07, 6.45) is 1.83. The van der Waals surface area contributed by atoms with E-state index in [4.69, 9.17) is 23.9 Å². The minimum Gasteiger partial charge on any atom is -0.497 e. The number of carbonyl (C=O) groups is 1. The number of thiazole rings is 1. The maximum absolute atomic E-state index is 14.0. The highest BCUT2D eigenvalue weighted by Crippen LogP contribution is 2.34. The molecular weight excluding hydrogens is 602 g/mol. The van der Waals surface area contributed by atoms with E-state index in [0.29, 0.717) is 50.1 Å². The Bertz CT molecular complexity index is 2150. The van der Waals surface area contributed by atoms with Gasteiger partial charge >= 0.3 is 0 Å². The number of aromatic nitrogens is 1. The van der Waals surface area contributed by atoms with Crippen LogP contribution in [0.15, 0.2) is 118 Å². The Hall–Kier alpha value is -5.61. The summed E-state index contributed by atoms with van der Waals surface area (Å²) < 4.78 is 24.4. The van der Waals surface area contributed by atoms with Gasteiger partial charge in [0.1, 0.15) is 18.1 Å². The zero-order chi connectivity index (χ0) is 31.6. The van der Waals surface area contributed by atoms with Gasteiger partial charge in [0.15, 0.2) is 16.3 Å². The van der Waals surface area contributed by atoms with Crippen LogP contribution in [0.4, 0.5) is 5.69 Å². The fraction of sp³-hybridized carbons (Fsp3) is 0.139. The van der Waals surface area contributed by atoms with Gasteiger partial charge in [0.05, 0.1) is 29.0 Å². The molecule has 46 heavy (non-hydrogen) atoms. The van der Waals surface area contributed by atoms with Crippen molar-refractivity contribution in [1.29, 1.82) is 0 Å². The van der Waals surface area contributed by atoms with Crippen molar-refractivity contribution in [2.24, 2.45) is 4.99 Å². The average molecular weight is 632 g/mol. The molecule has 2 aliphatic rings. The predicted octanol–water partition coefficient (Wildman–Crippen LogP) is 5.19. The van der Waals surface area contributed by atoms with Crippen molar-refractivity contribution in [1.82, 2.24) is 4.57 Å². The van der Waals surface area contributed by atoms with Crippen molar-refractivity contribution in [3.8, 4) is 23.0 Å². The van der Waals surface area contributed by atoms with Crippen molar-refractivity contribution >= 4 is 29.0 Å². The number of amides is 1. The largest absolute Gasteiger partial charge is 0.497 e. The zero-order valence-corrected chi connectivity index (χ0v) is 25.9. The van der Waals surface area contributed by atoms with Crippen LogP contribution in [0, 0.1) is 0 Å². The van der Waals surface area contributed by atoms with Gasteiger partial charge in [-0.3, -0.25) is 14.2 Å². The number of ether oxygens (including phenoxy) is 4. The number of fused-ring (bicyclic) bond motifs is 2. The second kappa shape index (κ2) is 12.4. The first-order valence-electron chi connectivity index (χ1n) is 14.6. The lowest BCUT2D eigenvalue weighted by molar-refractivity contribution is -0.113. The summed E-state index contributed by atoms with van der Waals surface area (Å²) in [5.74, 6) is 2.43. The van der Waals surface area contributed by atoms with E-state index in [1.165, 1.54) is 11.3 Å². The Morgan fingerprint density at radius 3 is 2.59 bits per heavy atom. The third-order valence-electron chi connectivity index (χ3n) is 7.73. The third kappa shape index (κ3) is 5.78. The molecule has 1 atom stereocenters. The highest BCUT2D eigenvalue weighted by molar-refractivity contribution is 7.07. The molecule has 0 saturated heterocycles. The van der Waals surface area contributed by atoms with Crippen molar-refractivity contribution < 1.29 is 23.7 Å². The van der Waals surface area contributed by atoms with Crippen molar-refractivity contribution in [3.05, 3.63) is 145 Å². The van der Waals surface area contributed by atoms with E-state index in [-0.39, 0.29) is 18.3 Å². The lowest BCUT2D eigenvalue weighted by atomic mass is 9.95. The summed E-state index contributed by atoms with van der Waals surface area (Å²) in [5, 5.41) is 2.97. The molecule has 0 saturated carbocycles. The Morgan fingerprint density at radius 1 is 0.978 bits per heavy atom. The Morgan fingerprint density at radius 2 is 1.78 bits per heavy atom. The first-order valence-corrected chi connectivity index (χ1v) is 15.4. The Balaban J connectivity index is 1.20. The molecule has 230 valence electrons. The van der Waals surface area contributed by atoms with Gasteiger partial charge in [0.2, 0.25) is 6.79 Å². The quantitative estimate of drug-likeness (QED) is 0.253. The lowest BCUT2D eigenvalue weighted by Gasteiger charge is -2.25. The number of anilines is 1. The van der Waals surface area contributed by atoms with Crippen molar-refractivity contribution in [3.63, 3.8) is 0 Å². The van der Waals surface area contributed by atoms with Crippen LogP contribution in [-0.4, -0.2) is 24.4 Å². The topological polar surface area (TPSA) is 100 Å². The predicted molar refractivity (Wildman–Crippen MR) is 175 cm³/mol. The number of methoxy groups -OCH3 is 1. The van der Waals surface area contributed by atoms with Crippen LogP contribution < -0.4 is 39.2 Å². The average Bonchev–Trinajstić information content (AvgIpc) is 3.67. The van der Waals surface area contributed by atoms with E-state index >= 15 is 0 Å². The highest BCUT2D eigenvalue weighted by Gasteiger charge is 2.32. The molecule has 0 aliphatic carbocycles. The number of rotatable bonds is 8. The van der Waals surface area contributed by atoms with Crippen LogP contribution in [0.2, 0.25) is 0 Å². The fourth-order valence-electron chi connectivity index (χ4n) is 5.47. The minimum absolute atomic E-state index is 0.227. The first-order chi connectivity index (χ1) is 22.5. The smallest absolute Gasteiger partial charge is 0.271 e. The molecule has 1 aromatic heterocycles. The Kier molecular flexibility index (Phi) is 7.86. The molecule has 0 bridgehead atoms. The normalized spacial score (nSPS) is 15.3. The minimum atomic E-state index is -0.704. The molecule has 5 aromatic rings. The van der Waals surface area contributed by atoms with E-state index in [9.17, 15) is 9.59 Å². The third-order valence-corrected chi connectivity index (χ3v) is 8.71. The van der Waals surface area contributed by atoms with E-state index in [1.807, 2.05) is 103 Å². The molecule has 0 unspecified atom stereocenters. The van der Waals surface area contributed by atoms with Crippen LogP contribution in [-0.2, 0) is 11.4 Å². The summed E-state index contributed by atoms with van der Waals surface area (Å²) in [5.41, 5.74) is 3.88. The van der Waals surface area contributed by atoms with E-state index in [2.05, 4.69) is 5.32 Å². The second-order valence-corrected chi connectivity index (χ2v) is 11.7. The van der Waals surface area contributed by atoms with Gasteiger partial charge in [-0.2, -0.15) is 0 Å². The zero-order valence-electron chi connectivity index (χ0n) is 25.1. The van der Waals surface area contributed by atoms with Crippen LogP contribution in [0.1, 0.15) is 29.7 Å². The molecule has 4 aromatic carbocycles. The van der Waals surface area contributed by atoms with Crippen molar-refractivity contribution in [2.75, 3.05) is 19.2 Å². The number of nitrogens with one attached hydrogen (secondary N) is 1. The number of allylic oxidation sites excluding steroid dienone is 1. The van der Waals surface area contributed by atoms with Gasteiger partial charge in [-0.25, -0.2) is 4.99 Å². The van der Waals surface area contributed by atoms with Crippen molar-refractivity contribution in [2.45, 2.75) is 19.6 Å². The molecule has 7 rings (SSSR count). The van der Waals surface area contributed by atoms with E-state index in [0.717, 1.165) is 22.4 Å². The molecule has 1 amide bonds. The molecule has 0 spiro atoms. The van der Waals surface area contributed by atoms with Gasteiger partial charge in [-0.1, -0.05) is 59.9 Å². The van der Waals surface area contributed by atoms with E-state index in [1.54, 1.807) is 18.6 Å². The fourth-order valence-corrected chi connectivity index (χ4v) is 6.51. The van der Waals surface area contributed by atoms with Gasteiger partial charge in [-0.05, 0) is 78.2 Å². The summed E-state index contributed by atoms with van der Waals surface area (Å²) in [6, 6.07) is 29.2. The van der Waals surface area contributed by atoms with E-state index < -0.39 is 6.04 Å². The highest BCUT2D eigenvalue weighted by atomic mass is 32.1. The molecule has 3 heterocycles. The van der Waals surface area contributed by atoms with Gasteiger partial charge < -0.3 is 24.3 Å². The van der Waals surface area contributed by atoms with Gasteiger partial charge in [0, 0.05) is 5.69 Å². The SMILES string of the molecule is COc1cccc([C@@H]2C(C(=O)Nc3ccccc3)=C(C)N=c3s/c(=C\c4ccc(OCc5ccc6c(c5)OCO6)cc4)c(=O)n32)c1. The number of hydrogen-bond donors (Lipinski definition) is 1. The number of hydrogen-bond acceptors (Lipinski definition) is 8. The second-order valence-electron chi connectivity index (χ2n) is 10.7. The first kappa shape index (κ1) is 29.1. The van der Waals surface area contributed by atoms with Crippen LogP contribution in [0.3, 0.4) is 0 Å². The van der Waals surface area contributed by atoms with Gasteiger partial charge in [-0.15, -0.1) is 0 Å². The van der Waals surface area contributed by atoms with Crippen LogP contribution >= 0.6 is 11.3 Å². The number of carbonyl (C=O) groups excluding carboxylic acids is 1. The van der Waals surface area contributed by atoms with Crippen LogP contribution in [0.5, 0.6) is 23.0 Å². The standard InChI is InChI=1S/C36H29N3O6S/c1-22-32(34(40)38-26-8-4-3-5-9-26)33(25-7-6-10-28(19-25)42-2)39-35(41)31(46-36(39)37-22)18-23-11-14-27(15-12-23)43-20-24-13-16-29-30(17-24)45-21-44-29/h3-19,33H,20-21H2,1-2H3,(H,38,40)/b31-18-/t33-/m1/s1. The lowest BCUT2D eigenvalue weighted by Crippen LogP contribution is -2.40. The summed E-state index contributed by atoms with van der Waals surface area (Å²) in [6.45, 7) is 2.40. The number of benzene rings is 4. The number of para-hydroxylation sites is 1. The molecule has 0 radical (unpaired) electrons. The number of nitrogens with zero attached hydrogens (tertiary/aromatic N) is 2. The summed E-state index contributed by atoms with van der Waals surface area (Å²) >= 11 is 1.29. The molecule has 2 aliphatic heterocycles. The molecule has 9 nitrogen and oxygen atoms in total. The molecular formula is C36H29N3O6S. The molecule has 1 N–H and O–H groups in total. The van der Waals surface area contributed by atoms with Crippen LogP contribution in [0.25, 0.3) is 6.08 Å². The van der Waals surface area contributed by atoms with Gasteiger partial charge in [0.25, 0.3) is 11.5 Å². The summed E-state index contributed by atoms with van der Waals surface area (Å²) in [4.78, 5) is 33.1.